The van der Waals surface area contributed by atoms with Gasteiger partial charge in [-0.1, -0.05) is 13.0 Å². The van der Waals surface area contributed by atoms with Crippen molar-refractivity contribution in [1.82, 2.24) is 10.3 Å². The summed E-state index contributed by atoms with van der Waals surface area (Å²) in [6, 6.07) is 7.41. The lowest BCUT2D eigenvalue weighted by Crippen LogP contribution is -2.27. The number of aromatic nitrogens is 1. The van der Waals surface area contributed by atoms with Crippen LogP contribution >= 0.6 is 11.3 Å². The number of anilines is 1. The van der Waals surface area contributed by atoms with Gasteiger partial charge in [-0.15, -0.1) is 11.3 Å². The number of nitrogens with two attached hydrogens (primary N) is 1. The van der Waals surface area contributed by atoms with Gasteiger partial charge >= 0.3 is 0 Å². The summed E-state index contributed by atoms with van der Waals surface area (Å²) in [4.78, 5) is 17.3. The Kier molecular flexibility index (Phi) is 4.48. The standard InChI is InChI=1S/C13H16N4OS/c1-2-10(11-4-3-7-19-11)16-13(18)9-5-6-12(17-14)15-8-9/h3-8,10H,2,14H2,1H3,(H,15,17)(H,16,18). The van der Waals surface area contributed by atoms with E-state index in [-0.39, 0.29) is 11.9 Å². The first kappa shape index (κ1) is 13.5. The van der Waals surface area contributed by atoms with Gasteiger partial charge in [0.05, 0.1) is 11.6 Å². The molecule has 2 heterocycles. The molecular formula is C13H16N4OS. The van der Waals surface area contributed by atoms with Crippen molar-refractivity contribution in [1.29, 1.82) is 0 Å². The highest BCUT2D eigenvalue weighted by Crippen LogP contribution is 2.22. The van der Waals surface area contributed by atoms with E-state index in [1.807, 2.05) is 24.4 Å². The first-order valence-corrected chi connectivity index (χ1v) is 6.89. The molecular weight excluding hydrogens is 260 g/mol. The lowest BCUT2D eigenvalue weighted by atomic mass is 10.1. The summed E-state index contributed by atoms with van der Waals surface area (Å²) < 4.78 is 0. The molecule has 100 valence electrons. The van der Waals surface area contributed by atoms with Crippen LogP contribution in [0.5, 0.6) is 0 Å². The van der Waals surface area contributed by atoms with Crippen molar-refractivity contribution in [2.45, 2.75) is 19.4 Å². The van der Waals surface area contributed by atoms with Crippen LogP contribution in [-0.4, -0.2) is 10.9 Å². The van der Waals surface area contributed by atoms with Crippen molar-refractivity contribution in [3.63, 3.8) is 0 Å². The third-order valence-electron chi connectivity index (χ3n) is 2.77. The number of nitrogen functional groups attached to an aromatic ring is 1. The average molecular weight is 276 g/mol. The molecule has 0 saturated carbocycles. The molecule has 5 nitrogen and oxygen atoms in total. The number of carbonyl (C=O) groups is 1. The van der Waals surface area contributed by atoms with Crippen molar-refractivity contribution < 1.29 is 4.79 Å². The maximum Gasteiger partial charge on any atom is 0.253 e. The van der Waals surface area contributed by atoms with Crippen LogP contribution in [0, 0.1) is 0 Å². The van der Waals surface area contributed by atoms with E-state index in [2.05, 4.69) is 15.7 Å². The van der Waals surface area contributed by atoms with Gasteiger partial charge in [0.25, 0.3) is 5.91 Å². The van der Waals surface area contributed by atoms with Crippen LogP contribution in [-0.2, 0) is 0 Å². The molecule has 1 atom stereocenters. The monoisotopic (exact) mass is 276 g/mol. The fraction of sp³-hybridized carbons (Fsp3) is 0.231. The van der Waals surface area contributed by atoms with Crippen LogP contribution in [0.2, 0.25) is 0 Å². The molecule has 2 aromatic rings. The summed E-state index contributed by atoms with van der Waals surface area (Å²) in [5.41, 5.74) is 2.95. The van der Waals surface area contributed by atoms with Gasteiger partial charge in [0.15, 0.2) is 0 Å². The maximum atomic E-state index is 12.1. The number of hydrogen-bond donors (Lipinski definition) is 3. The van der Waals surface area contributed by atoms with Crippen LogP contribution in [0.25, 0.3) is 0 Å². The zero-order chi connectivity index (χ0) is 13.7. The number of nitrogens with zero attached hydrogens (tertiary/aromatic N) is 1. The molecule has 0 aliphatic carbocycles. The molecule has 0 aromatic carbocycles. The smallest absolute Gasteiger partial charge is 0.253 e. The van der Waals surface area contributed by atoms with E-state index < -0.39 is 0 Å². The Morgan fingerprint density at radius 2 is 2.32 bits per heavy atom. The van der Waals surface area contributed by atoms with Crippen LogP contribution in [0.4, 0.5) is 5.82 Å². The predicted octanol–water partition coefficient (Wildman–Crippen LogP) is 2.31. The Morgan fingerprint density at radius 3 is 2.84 bits per heavy atom. The quantitative estimate of drug-likeness (QED) is 0.578. The minimum absolute atomic E-state index is 0.0415. The van der Waals surface area contributed by atoms with Crippen molar-refractivity contribution in [3.8, 4) is 0 Å². The second-order valence-corrected chi connectivity index (χ2v) is 5.01. The number of hydrogen-bond acceptors (Lipinski definition) is 5. The number of thiophene rings is 1. The molecule has 0 spiro atoms. The second-order valence-electron chi connectivity index (χ2n) is 4.03. The largest absolute Gasteiger partial charge is 0.344 e. The van der Waals surface area contributed by atoms with E-state index in [1.165, 1.54) is 6.20 Å². The molecule has 0 aliphatic rings. The Morgan fingerprint density at radius 1 is 1.47 bits per heavy atom. The van der Waals surface area contributed by atoms with Gasteiger partial charge in [-0.25, -0.2) is 10.8 Å². The molecule has 19 heavy (non-hydrogen) atoms. The highest BCUT2D eigenvalue weighted by Gasteiger charge is 2.14. The first-order valence-electron chi connectivity index (χ1n) is 6.01. The molecule has 0 bridgehead atoms. The topological polar surface area (TPSA) is 80.0 Å². The van der Waals surface area contributed by atoms with E-state index >= 15 is 0 Å². The predicted molar refractivity (Wildman–Crippen MR) is 76.9 cm³/mol. The van der Waals surface area contributed by atoms with Gasteiger partial charge in [0, 0.05) is 11.1 Å². The maximum absolute atomic E-state index is 12.1. The molecule has 4 N–H and O–H groups in total. The summed E-state index contributed by atoms with van der Waals surface area (Å²) in [7, 11) is 0. The molecule has 0 aliphatic heterocycles. The van der Waals surface area contributed by atoms with Gasteiger partial charge in [0.1, 0.15) is 5.82 Å². The van der Waals surface area contributed by atoms with Crippen molar-refractivity contribution >= 4 is 23.1 Å². The van der Waals surface area contributed by atoms with Crippen LogP contribution in [0.1, 0.15) is 34.6 Å². The average Bonchev–Trinajstić information content (AvgIpc) is 2.98. The number of carbonyl (C=O) groups excluding carboxylic acids is 1. The van der Waals surface area contributed by atoms with Gasteiger partial charge in [0.2, 0.25) is 0 Å². The highest BCUT2D eigenvalue weighted by atomic mass is 32.1. The van der Waals surface area contributed by atoms with E-state index in [1.54, 1.807) is 23.5 Å². The van der Waals surface area contributed by atoms with Crippen LogP contribution < -0.4 is 16.6 Å². The summed E-state index contributed by atoms with van der Waals surface area (Å²) in [5.74, 6) is 5.63. The molecule has 6 heteroatoms. The van der Waals surface area contributed by atoms with Gasteiger partial charge in [-0.3, -0.25) is 4.79 Å². The van der Waals surface area contributed by atoms with Gasteiger partial charge in [-0.05, 0) is 30.0 Å². The van der Waals surface area contributed by atoms with E-state index in [9.17, 15) is 4.79 Å². The molecule has 1 unspecified atom stereocenters. The van der Waals surface area contributed by atoms with Crippen LogP contribution in [0.3, 0.4) is 0 Å². The zero-order valence-electron chi connectivity index (χ0n) is 10.6. The van der Waals surface area contributed by atoms with Crippen LogP contribution in [0.15, 0.2) is 35.8 Å². The Hall–Kier alpha value is -1.92. The lowest BCUT2D eigenvalue weighted by molar-refractivity contribution is 0.0936. The minimum Gasteiger partial charge on any atom is -0.344 e. The van der Waals surface area contributed by atoms with E-state index in [0.29, 0.717) is 11.4 Å². The molecule has 1 amide bonds. The van der Waals surface area contributed by atoms with Gasteiger partial charge in [-0.2, -0.15) is 0 Å². The van der Waals surface area contributed by atoms with Crippen molar-refractivity contribution in [2.24, 2.45) is 5.84 Å². The fourth-order valence-electron chi connectivity index (χ4n) is 1.72. The molecule has 2 aromatic heterocycles. The zero-order valence-corrected chi connectivity index (χ0v) is 11.4. The fourth-order valence-corrected chi connectivity index (χ4v) is 2.58. The Balaban J connectivity index is 2.06. The van der Waals surface area contributed by atoms with E-state index in [0.717, 1.165) is 11.3 Å². The Labute approximate surface area is 115 Å². The van der Waals surface area contributed by atoms with Gasteiger partial charge < -0.3 is 10.7 Å². The summed E-state index contributed by atoms with van der Waals surface area (Å²) in [6.45, 7) is 2.05. The minimum atomic E-state index is -0.128. The number of amides is 1. The second kappa shape index (κ2) is 6.31. The number of hydrazine groups is 1. The molecule has 0 radical (unpaired) electrons. The third kappa shape index (κ3) is 3.30. The summed E-state index contributed by atoms with van der Waals surface area (Å²) in [5, 5.41) is 5.01. The van der Waals surface area contributed by atoms with Crippen molar-refractivity contribution in [3.05, 3.63) is 46.3 Å². The van der Waals surface area contributed by atoms with Crippen molar-refractivity contribution in [2.75, 3.05) is 5.43 Å². The number of nitrogens with one attached hydrogen (secondary N) is 2. The summed E-state index contributed by atoms with van der Waals surface area (Å²) in [6.07, 6.45) is 2.35. The number of rotatable bonds is 5. The molecule has 2 rings (SSSR count). The molecule has 0 saturated heterocycles. The SMILES string of the molecule is CCC(NC(=O)c1ccc(NN)nc1)c1cccs1. The summed E-state index contributed by atoms with van der Waals surface area (Å²) >= 11 is 1.64. The third-order valence-corrected chi connectivity index (χ3v) is 3.76. The Bertz CT molecular complexity index is 524. The lowest BCUT2D eigenvalue weighted by Gasteiger charge is -2.15. The normalized spacial score (nSPS) is 11.9. The molecule has 0 fully saturated rings. The first-order chi connectivity index (χ1) is 9.24. The van der Waals surface area contributed by atoms with E-state index in [4.69, 9.17) is 5.84 Å². The highest BCUT2D eigenvalue weighted by molar-refractivity contribution is 7.10. The number of pyridine rings is 1.